The minimum Gasteiger partial charge on any atom is -0.497 e. The highest BCUT2D eigenvalue weighted by Crippen LogP contribution is 2.33. The van der Waals surface area contributed by atoms with Gasteiger partial charge in [-0.1, -0.05) is 60.5 Å². The van der Waals surface area contributed by atoms with E-state index >= 15 is 0 Å². The number of hydrogen-bond donors (Lipinski definition) is 1. The maximum atomic E-state index is 13.9. The van der Waals surface area contributed by atoms with Gasteiger partial charge in [0.25, 0.3) is 10.0 Å². The Morgan fingerprint density at radius 1 is 1.00 bits per heavy atom. The Kier molecular flexibility index (Phi) is 10.6. The van der Waals surface area contributed by atoms with Crippen LogP contribution in [-0.2, 0) is 26.2 Å². The van der Waals surface area contributed by atoms with Crippen molar-refractivity contribution < 1.29 is 22.7 Å². The summed E-state index contributed by atoms with van der Waals surface area (Å²) < 4.78 is 33.7. The molecule has 8 nitrogen and oxygen atoms in total. The van der Waals surface area contributed by atoms with Gasteiger partial charge < -0.3 is 15.0 Å². The van der Waals surface area contributed by atoms with Crippen molar-refractivity contribution in [1.29, 1.82) is 0 Å². The number of anilines is 1. The third kappa shape index (κ3) is 7.65. The Bertz CT molecular complexity index is 1390. The zero-order valence-corrected chi connectivity index (χ0v) is 24.3. The molecule has 0 aromatic heterocycles. The van der Waals surface area contributed by atoms with E-state index in [1.807, 2.05) is 6.92 Å². The number of carbonyl (C=O) groups is 2. The second-order valence-corrected chi connectivity index (χ2v) is 11.5. The number of nitrogens with one attached hydrogen (secondary N) is 1. The summed E-state index contributed by atoms with van der Waals surface area (Å²) in [6.45, 7) is 3.42. The molecule has 0 aliphatic rings. The summed E-state index contributed by atoms with van der Waals surface area (Å²) in [6, 6.07) is 18.3. The predicted molar refractivity (Wildman–Crippen MR) is 154 cm³/mol. The van der Waals surface area contributed by atoms with Gasteiger partial charge in [-0.2, -0.15) is 0 Å². The number of sulfonamides is 1. The standard InChI is InChI=1S/C28H31Cl2N3O5S/c1-4-16-31-28(35)20(2)32(18-21-10-13-23(38-3)14-11-21)27(34)19-33(26-17-22(29)12-15-25(26)30)39(36,37)24-8-6-5-7-9-24/h5-15,17,20H,4,16,18-19H2,1-3H3,(H,31,35). The largest absolute Gasteiger partial charge is 0.497 e. The molecule has 0 aliphatic heterocycles. The second kappa shape index (κ2) is 13.7. The van der Waals surface area contributed by atoms with Gasteiger partial charge in [0.05, 0.1) is 22.7 Å². The zero-order chi connectivity index (χ0) is 28.6. The maximum absolute atomic E-state index is 13.9. The Morgan fingerprint density at radius 2 is 1.67 bits per heavy atom. The van der Waals surface area contributed by atoms with E-state index in [4.69, 9.17) is 27.9 Å². The summed E-state index contributed by atoms with van der Waals surface area (Å²) in [5.74, 6) is -0.307. The molecule has 0 fully saturated rings. The van der Waals surface area contributed by atoms with Gasteiger partial charge in [-0.3, -0.25) is 13.9 Å². The average Bonchev–Trinajstić information content (AvgIpc) is 2.94. The predicted octanol–water partition coefficient (Wildman–Crippen LogP) is 5.14. The molecule has 0 aliphatic carbocycles. The first-order valence-electron chi connectivity index (χ1n) is 12.3. The molecule has 208 valence electrons. The van der Waals surface area contributed by atoms with Crippen molar-refractivity contribution in [2.75, 3.05) is 24.5 Å². The first-order valence-corrected chi connectivity index (χ1v) is 14.5. The molecule has 2 amide bonds. The van der Waals surface area contributed by atoms with Gasteiger partial charge in [0.1, 0.15) is 18.3 Å². The van der Waals surface area contributed by atoms with E-state index in [0.717, 1.165) is 16.3 Å². The first-order chi connectivity index (χ1) is 18.6. The van der Waals surface area contributed by atoms with Gasteiger partial charge in [0.15, 0.2) is 0 Å². The second-order valence-electron chi connectivity index (χ2n) is 8.76. The van der Waals surface area contributed by atoms with E-state index in [1.165, 1.54) is 35.2 Å². The third-order valence-corrected chi connectivity index (χ3v) is 8.34. The van der Waals surface area contributed by atoms with Crippen LogP contribution < -0.4 is 14.4 Å². The Morgan fingerprint density at radius 3 is 2.28 bits per heavy atom. The lowest BCUT2D eigenvalue weighted by atomic mass is 10.1. The minimum atomic E-state index is -4.24. The Balaban J connectivity index is 2.04. The van der Waals surface area contributed by atoms with Gasteiger partial charge in [0, 0.05) is 18.1 Å². The lowest BCUT2D eigenvalue weighted by Gasteiger charge is -2.32. The number of halogens is 2. The molecule has 3 aromatic carbocycles. The van der Waals surface area contributed by atoms with E-state index in [9.17, 15) is 18.0 Å². The molecule has 3 rings (SSSR count). The summed E-state index contributed by atoms with van der Waals surface area (Å²) in [5.41, 5.74) is 0.784. The Hall–Kier alpha value is -3.27. The summed E-state index contributed by atoms with van der Waals surface area (Å²) in [4.78, 5) is 28.1. The monoisotopic (exact) mass is 591 g/mol. The molecular formula is C28H31Cl2N3O5S. The Labute approximate surface area is 239 Å². The molecule has 0 saturated carbocycles. The number of ether oxygens (including phenoxy) is 1. The number of benzene rings is 3. The van der Waals surface area contributed by atoms with Crippen molar-refractivity contribution >= 4 is 50.7 Å². The fraction of sp³-hybridized carbons (Fsp3) is 0.286. The molecule has 0 bridgehead atoms. The fourth-order valence-electron chi connectivity index (χ4n) is 3.82. The summed E-state index contributed by atoms with van der Waals surface area (Å²) in [5, 5.41) is 3.15. The highest BCUT2D eigenvalue weighted by Gasteiger charge is 2.33. The van der Waals surface area contributed by atoms with Crippen LogP contribution in [0.25, 0.3) is 0 Å². The van der Waals surface area contributed by atoms with E-state index < -0.39 is 28.5 Å². The summed E-state index contributed by atoms with van der Waals surface area (Å²) >= 11 is 12.6. The van der Waals surface area contributed by atoms with Crippen LogP contribution in [0.2, 0.25) is 10.0 Å². The number of amides is 2. The number of hydrogen-bond acceptors (Lipinski definition) is 5. The molecule has 0 radical (unpaired) electrons. The molecule has 3 aromatic rings. The van der Waals surface area contributed by atoms with Crippen LogP contribution in [0, 0.1) is 0 Å². The van der Waals surface area contributed by atoms with Crippen LogP contribution in [0.1, 0.15) is 25.8 Å². The first kappa shape index (κ1) is 30.3. The molecule has 0 saturated heterocycles. The van der Waals surface area contributed by atoms with E-state index in [2.05, 4.69) is 5.32 Å². The van der Waals surface area contributed by atoms with Crippen LogP contribution in [0.4, 0.5) is 5.69 Å². The van der Waals surface area contributed by atoms with E-state index in [1.54, 1.807) is 56.5 Å². The fourth-order valence-corrected chi connectivity index (χ4v) is 5.70. The highest BCUT2D eigenvalue weighted by molar-refractivity contribution is 7.92. The molecule has 0 spiro atoms. The lowest BCUT2D eigenvalue weighted by molar-refractivity contribution is -0.139. The van der Waals surface area contributed by atoms with Gasteiger partial charge in [-0.25, -0.2) is 8.42 Å². The number of rotatable bonds is 12. The van der Waals surface area contributed by atoms with Crippen LogP contribution >= 0.6 is 23.2 Å². The van der Waals surface area contributed by atoms with Crippen LogP contribution in [-0.4, -0.2) is 51.4 Å². The number of nitrogens with zero attached hydrogens (tertiary/aromatic N) is 2. The smallest absolute Gasteiger partial charge is 0.264 e. The molecule has 39 heavy (non-hydrogen) atoms. The van der Waals surface area contributed by atoms with Crippen LogP contribution in [0.5, 0.6) is 5.75 Å². The van der Waals surface area contributed by atoms with Crippen LogP contribution in [0.15, 0.2) is 77.7 Å². The normalized spacial score (nSPS) is 11.9. The van der Waals surface area contributed by atoms with Crippen molar-refractivity contribution in [3.8, 4) is 5.75 Å². The quantitative estimate of drug-likeness (QED) is 0.314. The van der Waals surface area contributed by atoms with Gasteiger partial charge in [-0.05, 0) is 61.4 Å². The zero-order valence-electron chi connectivity index (χ0n) is 21.9. The van der Waals surface area contributed by atoms with E-state index in [-0.39, 0.29) is 33.1 Å². The third-order valence-electron chi connectivity index (χ3n) is 6.02. The lowest BCUT2D eigenvalue weighted by Crippen LogP contribution is -2.51. The molecule has 1 N–H and O–H groups in total. The van der Waals surface area contributed by atoms with Crippen molar-refractivity contribution in [2.24, 2.45) is 0 Å². The molecule has 0 heterocycles. The number of methoxy groups -OCH3 is 1. The van der Waals surface area contributed by atoms with Crippen molar-refractivity contribution in [2.45, 2.75) is 37.8 Å². The van der Waals surface area contributed by atoms with Crippen molar-refractivity contribution in [3.05, 3.63) is 88.4 Å². The number of carbonyl (C=O) groups excluding carboxylic acids is 2. The van der Waals surface area contributed by atoms with Crippen LogP contribution in [0.3, 0.4) is 0 Å². The highest BCUT2D eigenvalue weighted by atomic mass is 35.5. The molecule has 1 atom stereocenters. The van der Waals surface area contributed by atoms with Crippen molar-refractivity contribution in [3.63, 3.8) is 0 Å². The summed E-state index contributed by atoms with van der Waals surface area (Å²) in [7, 11) is -2.69. The van der Waals surface area contributed by atoms with Crippen molar-refractivity contribution in [1.82, 2.24) is 10.2 Å². The maximum Gasteiger partial charge on any atom is 0.264 e. The van der Waals surface area contributed by atoms with Gasteiger partial charge in [0.2, 0.25) is 11.8 Å². The van der Waals surface area contributed by atoms with Gasteiger partial charge >= 0.3 is 0 Å². The minimum absolute atomic E-state index is 0.0238. The molecule has 11 heteroatoms. The molecule has 1 unspecified atom stereocenters. The summed E-state index contributed by atoms with van der Waals surface area (Å²) in [6.07, 6.45) is 0.723. The average molecular weight is 593 g/mol. The molecular weight excluding hydrogens is 561 g/mol. The van der Waals surface area contributed by atoms with E-state index in [0.29, 0.717) is 12.3 Å². The topological polar surface area (TPSA) is 96.0 Å². The SMILES string of the molecule is CCCNC(=O)C(C)N(Cc1ccc(OC)cc1)C(=O)CN(c1cc(Cl)ccc1Cl)S(=O)(=O)c1ccccc1. The van der Waals surface area contributed by atoms with Gasteiger partial charge in [-0.15, -0.1) is 0 Å².